The molecule has 1 aromatic heterocycles. The third-order valence-electron chi connectivity index (χ3n) is 5.23. The van der Waals surface area contributed by atoms with Gasteiger partial charge in [0, 0.05) is 29.6 Å². The lowest BCUT2D eigenvalue weighted by Crippen LogP contribution is -2.53. The molecule has 3 rings (SSSR count). The number of likely N-dealkylation sites (tertiary alicyclic amines) is 1. The van der Waals surface area contributed by atoms with Crippen molar-refractivity contribution in [3.05, 3.63) is 36.0 Å². The van der Waals surface area contributed by atoms with Crippen LogP contribution < -0.4 is 5.32 Å². The molecule has 29 heavy (non-hydrogen) atoms. The smallest absolute Gasteiger partial charge is 0.408 e. The van der Waals surface area contributed by atoms with Gasteiger partial charge in [-0.05, 0) is 45.2 Å². The van der Waals surface area contributed by atoms with Crippen molar-refractivity contribution in [2.45, 2.75) is 64.1 Å². The summed E-state index contributed by atoms with van der Waals surface area (Å²) in [4.78, 5) is 30.7. The number of carbonyl (C=O) groups is 2. The molecule has 1 aliphatic heterocycles. The van der Waals surface area contributed by atoms with Gasteiger partial charge in [-0.25, -0.2) is 4.79 Å². The Morgan fingerprint density at radius 3 is 2.76 bits per heavy atom. The Balaban J connectivity index is 1.92. The summed E-state index contributed by atoms with van der Waals surface area (Å²) in [6.07, 6.45) is 2.67. The summed E-state index contributed by atoms with van der Waals surface area (Å²) in [7, 11) is 0. The molecule has 0 radical (unpaired) electrons. The van der Waals surface area contributed by atoms with Crippen molar-refractivity contribution in [3.8, 4) is 6.07 Å². The monoisotopic (exact) mass is 396 g/mol. The third-order valence-corrected chi connectivity index (χ3v) is 5.23. The molecule has 154 valence electrons. The number of benzene rings is 1. The van der Waals surface area contributed by atoms with Crippen LogP contribution in [0.1, 0.15) is 52.0 Å². The van der Waals surface area contributed by atoms with Gasteiger partial charge in [0.2, 0.25) is 5.91 Å². The molecule has 7 nitrogen and oxygen atoms in total. The topological polar surface area (TPSA) is 98.2 Å². The van der Waals surface area contributed by atoms with E-state index in [0.717, 1.165) is 22.9 Å². The van der Waals surface area contributed by atoms with Gasteiger partial charge in [-0.2, -0.15) is 5.26 Å². The van der Waals surface area contributed by atoms with Crippen molar-refractivity contribution >= 4 is 22.9 Å². The predicted molar refractivity (Wildman–Crippen MR) is 110 cm³/mol. The van der Waals surface area contributed by atoms with E-state index in [1.807, 2.05) is 37.4 Å². The van der Waals surface area contributed by atoms with Crippen LogP contribution in [0.5, 0.6) is 0 Å². The van der Waals surface area contributed by atoms with E-state index in [0.29, 0.717) is 13.0 Å². The van der Waals surface area contributed by atoms with Gasteiger partial charge < -0.3 is 19.9 Å². The minimum Gasteiger partial charge on any atom is -0.444 e. The van der Waals surface area contributed by atoms with Crippen LogP contribution in [0.3, 0.4) is 0 Å². The SMILES string of the molecule is CC(c1c[nH]c2ccccc12)C(NC(=O)OC(C)(C)C)C(=O)N1CCCC1C#N. The fraction of sp³-hybridized carbons (Fsp3) is 0.500. The first-order valence-corrected chi connectivity index (χ1v) is 9.97. The lowest BCUT2D eigenvalue weighted by molar-refractivity contribution is -0.134. The maximum atomic E-state index is 13.4. The van der Waals surface area contributed by atoms with Crippen molar-refractivity contribution in [2.24, 2.45) is 0 Å². The predicted octanol–water partition coefficient (Wildman–Crippen LogP) is 3.68. The maximum absolute atomic E-state index is 13.4. The highest BCUT2D eigenvalue weighted by molar-refractivity contribution is 5.90. The highest BCUT2D eigenvalue weighted by Crippen LogP contribution is 2.30. The van der Waals surface area contributed by atoms with Gasteiger partial charge in [-0.1, -0.05) is 25.1 Å². The number of para-hydroxylation sites is 1. The van der Waals surface area contributed by atoms with Crippen LogP contribution >= 0.6 is 0 Å². The first-order valence-electron chi connectivity index (χ1n) is 9.97. The van der Waals surface area contributed by atoms with Crippen LogP contribution in [0.25, 0.3) is 10.9 Å². The second kappa shape index (κ2) is 8.16. The Hall–Kier alpha value is -3.01. The first-order chi connectivity index (χ1) is 13.7. The number of H-pyrrole nitrogens is 1. The Bertz CT molecular complexity index is 937. The number of fused-ring (bicyclic) bond motifs is 1. The minimum atomic E-state index is -0.835. The number of carbonyl (C=O) groups excluding carboxylic acids is 2. The fourth-order valence-electron chi connectivity index (χ4n) is 3.83. The Morgan fingerprint density at radius 2 is 2.07 bits per heavy atom. The molecule has 2 amide bonds. The summed E-state index contributed by atoms with van der Waals surface area (Å²) in [5, 5.41) is 13.2. The molecular weight excluding hydrogens is 368 g/mol. The molecular formula is C22H28N4O3. The molecule has 1 fully saturated rings. The van der Waals surface area contributed by atoms with E-state index in [2.05, 4.69) is 16.4 Å². The Morgan fingerprint density at radius 1 is 1.34 bits per heavy atom. The number of rotatable bonds is 4. The molecule has 2 N–H and O–H groups in total. The molecule has 7 heteroatoms. The minimum absolute atomic E-state index is 0.252. The molecule has 0 bridgehead atoms. The zero-order chi connectivity index (χ0) is 21.2. The Kier molecular flexibility index (Phi) is 5.83. The normalized spacial score (nSPS) is 18.9. The van der Waals surface area contributed by atoms with E-state index in [-0.39, 0.29) is 11.8 Å². The van der Waals surface area contributed by atoms with Gasteiger partial charge in [0.1, 0.15) is 17.7 Å². The van der Waals surface area contributed by atoms with Gasteiger partial charge in [-0.3, -0.25) is 4.79 Å². The van der Waals surface area contributed by atoms with Crippen molar-refractivity contribution < 1.29 is 14.3 Å². The number of aromatic amines is 1. The van der Waals surface area contributed by atoms with E-state index >= 15 is 0 Å². The molecule has 2 heterocycles. The van der Waals surface area contributed by atoms with Crippen LogP contribution in [-0.4, -0.2) is 46.1 Å². The lowest BCUT2D eigenvalue weighted by Gasteiger charge is -2.31. The number of hydrogen-bond acceptors (Lipinski definition) is 4. The van der Waals surface area contributed by atoms with E-state index in [9.17, 15) is 14.9 Å². The van der Waals surface area contributed by atoms with Crippen LogP contribution in [0.2, 0.25) is 0 Å². The number of nitrogens with zero attached hydrogens (tertiary/aromatic N) is 2. The molecule has 3 atom stereocenters. The molecule has 1 aromatic carbocycles. The summed E-state index contributed by atoms with van der Waals surface area (Å²) in [6, 6.07) is 8.74. The van der Waals surface area contributed by atoms with Crippen molar-refractivity contribution in [2.75, 3.05) is 6.54 Å². The number of nitrogens with one attached hydrogen (secondary N) is 2. The molecule has 0 aliphatic carbocycles. The first kappa shape index (κ1) is 20.7. The van der Waals surface area contributed by atoms with Crippen molar-refractivity contribution in [1.29, 1.82) is 5.26 Å². The molecule has 3 unspecified atom stereocenters. The fourth-order valence-corrected chi connectivity index (χ4v) is 3.83. The van der Waals surface area contributed by atoms with Crippen LogP contribution in [-0.2, 0) is 9.53 Å². The molecule has 1 saturated heterocycles. The number of hydrogen-bond donors (Lipinski definition) is 2. The number of ether oxygens (including phenoxy) is 1. The van der Waals surface area contributed by atoms with Gasteiger partial charge >= 0.3 is 6.09 Å². The van der Waals surface area contributed by atoms with Gasteiger partial charge in [0.05, 0.1) is 6.07 Å². The lowest BCUT2D eigenvalue weighted by atomic mass is 9.91. The van der Waals surface area contributed by atoms with Crippen LogP contribution in [0.15, 0.2) is 30.5 Å². The van der Waals surface area contributed by atoms with E-state index in [4.69, 9.17) is 4.74 Å². The van der Waals surface area contributed by atoms with E-state index in [1.165, 1.54) is 0 Å². The molecule has 0 saturated carbocycles. The quantitative estimate of drug-likeness (QED) is 0.824. The average Bonchev–Trinajstić information content (AvgIpc) is 3.30. The number of amides is 2. The highest BCUT2D eigenvalue weighted by Gasteiger charge is 2.38. The van der Waals surface area contributed by atoms with Gasteiger partial charge in [-0.15, -0.1) is 0 Å². The average molecular weight is 396 g/mol. The van der Waals surface area contributed by atoms with Crippen molar-refractivity contribution in [1.82, 2.24) is 15.2 Å². The van der Waals surface area contributed by atoms with E-state index < -0.39 is 23.8 Å². The highest BCUT2D eigenvalue weighted by atomic mass is 16.6. The third kappa shape index (κ3) is 4.53. The summed E-state index contributed by atoms with van der Waals surface area (Å²) >= 11 is 0. The summed E-state index contributed by atoms with van der Waals surface area (Å²) < 4.78 is 5.40. The molecule has 0 spiro atoms. The zero-order valence-electron chi connectivity index (χ0n) is 17.4. The second-order valence-corrected chi connectivity index (χ2v) is 8.52. The zero-order valence-corrected chi connectivity index (χ0v) is 17.4. The number of aromatic nitrogens is 1. The number of alkyl carbamates (subject to hydrolysis) is 1. The Labute approximate surface area is 171 Å². The van der Waals surface area contributed by atoms with Crippen LogP contribution in [0, 0.1) is 11.3 Å². The summed E-state index contributed by atoms with van der Waals surface area (Å²) in [6.45, 7) is 7.76. The molecule has 2 aromatic rings. The summed E-state index contributed by atoms with van der Waals surface area (Å²) in [5.41, 5.74) is 1.22. The van der Waals surface area contributed by atoms with Crippen molar-refractivity contribution in [3.63, 3.8) is 0 Å². The largest absolute Gasteiger partial charge is 0.444 e. The summed E-state index contributed by atoms with van der Waals surface area (Å²) in [5.74, 6) is -0.566. The maximum Gasteiger partial charge on any atom is 0.408 e. The van der Waals surface area contributed by atoms with Gasteiger partial charge in [0.15, 0.2) is 0 Å². The van der Waals surface area contributed by atoms with E-state index in [1.54, 1.807) is 25.7 Å². The van der Waals surface area contributed by atoms with Gasteiger partial charge in [0.25, 0.3) is 0 Å². The van der Waals surface area contributed by atoms with Crippen LogP contribution in [0.4, 0.5) is 4.79 Å². The number of nitriles is 1. The molecule has 1 aliphatic rings. The standard InChI is InChI=1S/C22H28N4O3/c1-14(17-13-24-18-10-6-5-9-16(17)18)19(25-21(28)29-22(2,3)4)20(27)26-11-7-8-15(26)12-23/h5-6,9-10,13-15,19,24H,7-8,11H2,1-4H3,(H,25,28). The second-order valence-electron chi connectivity index (χ2n) is 8.52.